The Morgan fingerprint density at radius 2 is 1.81 bits per heavy atom. The van der Waals surface area contributed by atoms with E-state index in [1.54, 1.807) is 0 Å². The van der Waals surface area contributed by atoms with Crippen LogP contribution in [0.5, 0.6) is 0 Å². The van der Waals surface area contributed by atoms with Gasteiger partial charge in [-0.1, -0.05) is 34.1 Å². The highest BCUT2D eigenvalue weighted by molar-refractivity contribution is 9.09. The van der Waals surface area contributed by atoms with Crippen molar-refractivity contribution in [2.45, 2.75) is 24.1 Å². The van der Waals surface area contributed by atoms with E-state index in [2.05, 4.69) is 51.5 Å². The number of aromatic nitrogens is 2. The molecular formula is C18H19BrN2. The predicted octanol–water partition coefficient (Wildman–Crippen LogP) is 4.60. The summed E-state index contributed by atoms with van der Waals surface area (Å²) in [5.74, 6) is 4.95. The van der Waals surface area contributed by atoms with Crippen molar-refractivity contribution in [3.05, 3.63) is 48.3 Å². The maximum Gasteiger partial charge on any atom is 0.0645 e. The summed E-state index contributed by atoms with van der Waals surface area (Å²) in [5, 5.41) is 4.55. The number of rotatable bonds is 3. The van der Waals surface area contributed by atoms with Crippen molar-refractivity contribution in [1.29, 1.82) is 0 Å². The molecule has 3 saturated carbocycles. The molecule has 1 heterocycles. The summed E-state index contributed by atoms with van der Waals surface area (Å²) in [5.41, 5.74) is 2.48. The van der Waals surface area contributed by atoms with Crippen molar-refractivity contribution in [3.63, 3.8) is 0 Å². The molecule has 3 aliphatic carbocycles. The van der Waals surface area contributed by atoms with Crippen LogP contribution in [-0.2, 0) is 0 Å². The molecule has 0 saturated heterocycles. The van der Waals surface area contributed by atoms with Gasteiger partial charge in [0.1, 0.15) is 0 Å². The molecule has 0 spiro atoms. The van der Waals surface area contributed by atoms with Crippen LogP contribution in [0.3, 0.4) is 0 Å². The second-order valence-corrected chi connectivity index (χ2v) is 8.01. The largest absolute Gasteiger partial charge is 0.241 e. The van der Waals surface area contributed by atoms with Gasteiger partial charge in [0.25, 0.3) is 0 Å². The van der Waals surface area contributed by atoms with Gasteiger partial charge in [0.05, 0.1) is 11.9 Å². The number of fused-ring (bicyclic) bond motifs is 5. The van der Waals surface area contributed by atoms with Crippen molar-refractivity contribution in [3.8, 4) is 5.69 Å². The summed E-state index contributed by atoms with van der Waals surface area (Å²) in [7, 11) is 0. The van der Waals surface area contributed by atoms with Crippen molar-refractivity contribution in [2.24, 2.45) is 29.6 Å². The van der Waals surface area contributed by atoms with E-state index in [0.717, 1.165) is 35.3 Å². The zero-order valence-corrected chi connectivity index (χ0v) is 13.5. The average Bonchev–Trinajstić information content (AvgIpc) is 2.93. The summed E-state index contributed by atoms with van der Waals surface area (Å²) in [6.45, 7) is 0. The van der Waals surface area contributed by atoms with Crippen LogP contribution >= 0.6 is 15.9 Å². The Morgan fingerprint density at radius 1 is 1.10 bits per heavy atom. The van der Waals surface area contributed by atoms with Crippen molar-refractivity contribution in [1.82, 2.24) is 9.78 Å². The fourth-order valence-corrected chi connectivity index (χ4v) is 6.15. The van der Waals surface area contributed by atoms with E-state index in [4.69, 9.17) is 0 Å². The van der Waals surface area contributed by atoms with Crippen LogP contribution < -0.4 is 0 Å². The van der Waals surface area contributed by atoms with Gasteiger partial charge in [0.2, 0.25) is 0 Å². The molecule has 0 N–H and O–H groups in total. The van der Waals surface area contributed by atoms with E-state index in [9.17, 15) is 0 Å². The van der Waals surface area contributed by atoms with Gasteiger partial charge in [-0.3, -0.25) is 0 Å². The van der Waals surface area contributed by atoms with E-state index in [1.807, 2.05) is 16.9 Å². The van der Waals surface area contributed by atoms with E-state index in [0.29, 0.717) is 4.83 Å². The van der Waals surface area contributed by atoms with E-state index >= 15 is 0 Å². The third-order valence-electron chi connectivity index (χ3n) is 6.07. The third kappa shape index (κ3) is 1.79. The number of halogens is 1. The topological polar surface area (TPSA) is 17.8 Å². The maximum atomic E-state index is 4.55. The molecule has 3 heteroatoms. The Balaban J connectivity index is 1.38. The molecule has 21 heavy (non-hydrogen) atoms. The van der Waals surface area contributed by atoms with Crippen molar-refractivity contribution < 1.29 is 0 Å². The molecule has 2 bridgehead atoms. The van der Waals surface area contributed by atoms with Gasteiger partial charge < -0.3 is 0 Å². The molecule has 0 radical (unpaired) electrons. The van der Waals surface area contributed by atoms with Crippen LogP contribution in [0.15, 0.2) is 42.7 Å². The Labute approximate surface area is 133 Å². The van der Waals surface area contributed by atoms with Crippen molar-refractivity contribution >= 4 is 15.9 Å². The molecule has 2 nitrogen and oxygen atoms in total. The predicted molar refractivity (Wildman–Crippen MR) is 86.5 cm³/mol. The number of para-hydroxylation sites is 1. The molecule has 5 rings (SSSR count). The summed E-state index contributed by atoms with van der Waals surface area (Å²) in [6.07, 6.45) is 8.75. The van der Waals surface area contributed by atoms with Crippen LogP contribution in [0.4, 0.5) is 0 Å². The van der Waals surface area contributed by atoms with Crippen LogP contribution in [-0.4, -0.2) is 9.78 Å². The van der Waals surface area contributed by atoms with Crippen LogP contribution in [0.1, 0.15) is 29.7 Å². The highest BCUT2D eigenvalue weighted by Crippen LogP contribution is 2.73. The summed E-state index contributed by atoms with van der Waals surface area (Å²) >= 11 is 3.98. The normalized spacial score (nSPS) is 37.5. The van der Waals surface area contributed by atoms with Gasteiger partial charge in [-0.25, -0.2) is 4.68 Å². The maximum absolute atomic E-state index is 4.55. The van der Waals surface area contributed by atoms with E-state index < -0.39 is 0 Å². The monoisotopic (exact) mass is 342 g/mol. The lowest BCUT2D eigenvalue weighted by atomic mass is 9.98. The van der Waals surface area contributed by atoms with Gasteiger partial charge in [-0.05, 0) is 61.0 Å². The molecule has 108 valence electrons. The van der Waals surface area contributed by atoms with Crippen LogP contribution in [0.25, 0.3) is 5.69 Å². The number of hydrogen-bond acceptors (Lipinski definition) is 1. The fraction of sp³-hybridized carbons (Fsp3) is 0.500. The van der Waals surface area contributed by atoms with Gasteiger partial charge in [0, 0.05) is 16.6 Å². The summed E-state index contributed by atoms with van der Waals surface area (Å²) in [4.78, 5) is 0.494. The Kier molecular flexibility index (Phi) is 2.64. The highest BCUT2D eigenvalue weighted by Gasteiger charge is 2.66. The first-order valence-corrected chi connectivity index (χ1v) is 8.98. The standard InChI is InChI=1S/C18H19BrN2/c19-18(17-15-11-6-7-12(8-11)16(15)17)13-9-20-21(10-13)14-4-2-1-3-5-14/h1-5,9-12,15-18H,6-8H2. The molecule has 5 unspecified atom stereocenters. The first-order valence-electron chi connectivity index (χ1n) is 8.07. The first-order chi connectivity index (χ1) is 10.3. The minimum Gasteiger partial charge on any atom is -0.241 e. The number of nitrogens with zero attached hydrogens (tertiary/aromatic N) is 2. The zero-order chi connectivity index (χ0) is 14.0. The van der Waals surface area contributed by atoms with E-state index in [1.165, 1.54) is 24.8 Å². The molecule has 3 fully saturated rings. The Bertz CT molecular complexity index is 649. The molecular weight excluding hydrogens is 324 g/mol. The second kappa shape index (κ2) is 4.45. The Hall–Kier alpha value is -1.09. The minimum absolute atomic E-state index is 0.494. The number of hydrogen-bond donors (Lipinski definition) is 0. The summed E-state index contributed by atoms with van der Waals surface area (Å²) in [6, 6.07) is 10.4. The fourth-order valence-electron chi connectivity index (χ4n) is 5.21. The lowest BCUT2D eigenvalue weighted by Crippen LogP contribution is -2.03. The molecule has 0 amide bonds. The smallest absolute Gasteiger partial charge is 0.0645 e. The molecule has 2 aromatic rings. The number of benzene rings is 1. The molecule has 1 aromatic carbocycles. The Morgan fingerprint density at radius 3 is 2.52 bits per heavy atom. The quantitative estimate of drug-likeness (QED) is 0.745. The van der Waals surface area contributed by atoms with Gasteiger partial charge in [0.15, 0.2) is 0 Å². The first kappa shape index (κ1) is 12.5. The van der Waals surface area contributed by atoms with Crippen molar-refractivity contribution in [2.75, 3.05) is 0 Å². The van der Waals surface area contributed by atoms with Gasteiger partial charge >= 0.3 is 0 Å². The lowest BCUT2D eigenvalue weighted by Gasteiger charge is -2.13. The highest BCUT2D eigenvalue weighted by atomic mass is 79.9. The molecule has 3 aliphatic rings. The lowest BCUT2D eigenvalue weighted by molar-refractivity contribution is 0.456. The SMILES string of the molecule is BrC(c1cnn(-c2ccccc2)c1)C1C2C3CCC(C3)C21. The zero-order valence-electron chi connectivity index (χ0n) is 11.9. The van der Waals surface area contributed by atoms with Gasteiger partial charge in [-0.2, -0.15) is 5.10 Å². The van der Waals surface area contributed by atoms with Gasteiger partial charge in [-0.15, -0.1) is 0 Å². The van der Waals surface area contributed by atoms with E-state index in [-0.39, 0.29) is 0 Å². The minimum atomic E-state index is 0.494. The third-order valence-corrected chi connectivity index (χ3v) is 7.21. The summed E-state index contributed by atoms with van der Waals surface area (Å²) < 4.78 is 2.00. The van der Waals surface area contributed by atoms with Crippen LogP contribution in [0.2, 0.25) is 0 Å². The number of alkyl halides is 1. The molecule has 5 atom stereocenters. The molecule has 0 aliphatic heterocycles. The second-order valence-electron chi connectivity index (χ2n) is 7.02. The van der Waals surface area contributed by atoms with Crippen LogP contribution in [0, 0.1) is 29.6 Å². The average molecular weight is 343 g/mol. The molecule has 1 aromatic heterocycles.